The first-order valence-corrected chi connectivity index (χ1v) is 4.00. The van der Waals surface area contributed by atoms with Gasteiger partial charge in [-0.2, -0.15) is 0 Å². The highest BCUT2D eigenvalue weighted by atomic mass is 35.5. The summed E-state index contributed by atoms with van der Waals surface area (Å²) in [4.78, 5) is 0. The molecule has 0 bridgehead atoms. The van der Waals surface area contributed by atoms with Crippen LogP contribution in [-0.4, -0.2) is 11.9 Å². The second-order valence-corrected chi connectivity index (χ2v) is 3.19. The molecular formula is C7H7BCl2O. The molecule has 0 radical (unpaired) electrons. The van der Waals surface area contributed by atoms with Gasteiger partial charge in [0.15, 0.2) is 0 Å². The lowest BCUT2D eigenvalue weighted by Crippen LogP contribution is -2.27. The highest BCUT2D eigenvalue weighted by molar-refractivity contribution is 6.68. The van der Waals surface area contributed by atoms with Crippen LogP contribution in [0.4, 0.5) is 0 Å². The molecule has 0 fully saturated rings. The van der Waals surface area contributed by atoms with E-state index in [9.17, 15) is 5.02 Å². The monoisotopic (exact) mass is 188 g/mol. The third-order valence-corrected chi connectivity index (χ3v) is 1.99. The summed E-state index contributed by atoms with van der Waals surface area (Å²) < 4.78 is 0. The first-order valence-electron chi connectivity index (χ1n) is 3.24. The normalized spacial score (nSPS) is 9.82. The second kappa shape index (κ2) is 3.48. The van der Waals surface area contributed by atoms with E-state index in [4.69, 9.17) is 23.2 Å². The van der Waals surface area contributed by atoms with Crippen LogP contribution in [-0.2, 0) is 0 Å². The van der Waals surface area contributed by atoms with E-state index in [-0.39, 0.29) is 0 Å². The molecule has 0 saturated heterocycles. The third kappa shape index (κ3) is 2.13. The topological polar surface area (TPSA) is 20.2 Å². The molecule has 0 amide bonds. The summed E-state index contributed by atoms with van der Waals surface area (Å²) in [5, 5.41) is 10.3. The molecule has 1 nitrogen and oxygen atoms in total. The number of halogens is 2. The Bertz CT molecular complexity index is 263. The molecule has 0 spiro atoms. The second-order valence-electron chi connectivity index (χ2n) is 2.34. The first-order chi connectivity index (χ1) is 5.11. The number of benzene rings is 1. The maximum absolute atomic E-state index is 9.19. The lowest BCUT2D eigenvalue weighted by atomic mass is 9.64. The summed E-state index contributed by atoms with van der Waals surface area (Å²) in [5.74, 6) is 0. The van der Waals surface area contributed by atoms with Gasteiger partial charge in [0.1, 0.15) is 0 Å². The lowest BCUT2D eigenvalue weighted by molar-refractivity contribution is 0.594. The number of rotatable bonds is 1. The van der Waals surface area contributed by atoms with Gasteiger partial charge in [0, 0.05) is 10.0 Å². The molecule has 58 valence electrons. The van der Waals surface area contributed by atoms with Crippen LogP contribution in [0.15, 0.2) is 18.2 Å². The maximum Gasteiger partial charge on any atom is 0.321 e. The zero-order valence-electron chi connectivity index (χ0n) is 6.01. The van der Waals surface area contributed by atoms with Gasteiger partial charge in [0.25, 0.3) is 0 Å². The molecule has 0 atom stereocenters. The highest BCUT2D eigenvalue weighted by Gasteiger charge is 2.10. The van der Waals surface area contributed by atoms with Crippen molar-refractivity contribution < 1.29 is 5.02 Å². The smallest absolute Gasteiger partial charge is 0.321 e. The maximum atomic E-state index is 9.19. The molecule has 0 aromatic heterocycles. The van der Waals surface area contributed by atoms with Crippen molar-refractivity contribution >= 4 is 35.6 Å². The fourth-order valence-electron chi connectivity index (χ4n) is 0.835. The van der Waals surface area contributed by atoms with Gasteiger partial charge in [-0.1, -0.05) is 30.0 Å². The molecule has 0 aliphatic rings. The average Bonchev–Trinajstić information content (AvgIpc) is 1.94. The molecule has 0 aliphatic heterocycles. The van der Waals surface area contributed by atoms with E-state index in [1.165, 1.54) is 0 Å². The van der Waals surface area contributed by atoms with Gasteiger partial charge in [-0.15, -0.1) is 0 Å². The summed E-state index contributed by atoms with van der Waals surface area (Å²) in [6.07, 6.45) is 0. The van der Waals surface area contributed by atoms with Crippen LogP contribution >= 0.6 is 23.2 Å². The predicted molar refractivity (Wildman–Crippen MR) is 49.9 cm³/mol. The summed E-state index contributed by atoms with van der Waals surface area (Å²) in [6.45, 7) is 1.08. The van der Waals surface area contributed by atoms with Crippen LogP contribution in [0.25, 0.3) is 0 Å². The minimum Gasteiger partial charge on any atom is -0.446 e. The Hall–Kier alpha value is -0.175. The Morgan fingerprint density at radius 1 is 1.36 bits per heavy atom. The zero-order valence-corrected chi connectivity index (χ0v) is 7.52. The molecule has 11 heavy (non-hydrogen) atoms. The van der Waals surface area contributed by atoms with E-state index in [2.05, 4.69) is 0 Å². The van der Waals surface area contributed by atoms with Gasteiger partial charge in [-0.25, -0.2) is 0 Å². The fourth-order valence-corrected chi connectivity index (χ4v) is 1.29. The molecule has 0 unspecified atom stereocenters. The Balaban J connectivity index is 3.13. The van der Waals surface area contributed by atoms with Gasteiger partial charge in [0.05, 0.1) is 0 Å². The summed E-state index contributed by atoms with van der Waals surface area (Å²) >= 11 is 11.5. The van der Waals surface area contributed by atoms with Crippen molar-refractivity contribution in [3.8, 4) is 0 Å². The van der Waals surface area contributed by atoms with Gasteiger partial charge in [-0.3, -0.25) is 0 Å². The first kappa shape index (κ1) is 8.92. The molecule has 1 aromatic carbocycles. The minimum atomic E-state index is -0.568. The van der Waals surface area contributed by atoms with Crippen LogP contribution in [0, 0.1) is 0 Å². The van der Waals surface area contributed by atoms with Crippen molar-refractivity contribution in [2.75, 3.05) is 0 Å². The van der Waals surface area contributed by atoms with E-state index >= 15 is 0 Å². The molecule has 0 aliphatic carbocycles. The van der Waals surface area contributed by atoms with Gasteiger partial charge >= 0.3 is 6.92 Å². The van der Waals surface area contributed by atoms with Gasteiger partial charge in [-0.05, 0) is 23.7 Å². The van der Waals surface area contributed by atoms with Gasteiger partial charge in [0.2, 0.25) is 0 Å². The quantitative estimate of drug-likeness (QED) is 0.667. The molecule has 1 rings (SSSR count). The molecule has 4 heteroatoms. The molecule has 0 heterocycles. The summed E-state index contributed by atoms with van der Waals surface area (Å²) in [7, 11) is 0. The van der Waals surface area contributed by atoms with Crippen molar-refractivity contribution in [1.29, 1.82) is 0 Å². The average molecular weight is 189 g/mol. The SMILES string of the molecule is CB(O)c1cc(Cl)ccc1Cl. The Kier molecular flexibility index (Phi) is 2.82. The Morgan fingerprint density at radius 3 is 2.45 bits per heavy atom. The summed E-state index contributed by atoms with van der Waals surface area (Å²) in [5.41, 5.74) is 0.666. The van der Waals surface area contributed by atoms with Crippen LogP contribution in [0.2, 0.25) is 16.9 Å². The van der Waals surface area contributed by atoms with Gasteiger partial charge < -0.3 is 5.02 Å². The van der Waals surface area contributed by atoms with E-state index in [1.807, 2.05) is 0 Å². The summed E-state index contributed by atoms with van der Waals surface area (Å²) in [6, 6.07) is 5.02. The minimum absolute atomic E-state index is 0.546. The predicted octanol–water partition coefficient (Wildman–Crippen LogP) is 1.81. The van der Waals surface area contributed by atoms with Crippen molar-refractivity contribution in [1.82, 2.24) is 0 Å². The third-order valence-electron chi connectivity index (χ3n) is 1.41. The molecule has 1 aromatic rings. The number of hydrogen-bond donors (Lipinski definition) is 1. The highest BCUT2D eigenvalue weighted by Crippen LogP contribution is 2.12. The molecular weight excluding hydrogens is 182 g/mol. The van der Waals surface area contributed by atoms with Crippen molar-refractivity contribution in [2.45, 2.75) is 6.82 Å². The lowest BCUT2D eigenvalue weighted by Gasteiger charge is -2.03. The molecule has 1 N–H and O–H groups in total. The van der Waals surface area contributed by atoms with Crippen LogP contribution in [0.5, 0.6) is 0 Å². The Morgan fingerprint density at radius 2 is 2.00 bits per heavy atom. The Labute approximate surface area is 76.1 Å². The van der Waals surface area contributed by atoms with E-state index in [0.717, 1.165) is 0 Å². The fraction of sp³-hybridized carbons (Fsp3) is 0.143. The van der Waals surface area contributed by atoms with Crippen LogP contribution in [0.3, 0.4) is 0 Å². The van der Waals surface area contributed by atoms with E-state index in [0.29, 0.717) is 15.5 Å². The molecule has 0 saturated carbocycles. The largest absolute Gasteiger partial charge is 0.446 e. The van der Waals surface area contributed by atoms with E-state index < -0.39 is 6.92 Å². The van der Waals surface area contributed by atoms with Crippen molar-refractivity contribution in [3.05, 3.63) is 28.2 Å². The van der Waals surface area contributed by atoms with Crippen LogP contribution in [0.1, 0.15) is 0 Å². The van der Waals surface area contributed by atoms with E-state index in [1.54, 1.807) is 25.0 Å². The van der Waals surface area contributed by atoms with Crippen molar-refractivity contribution in [2.24, 2.45) is 0 Å². The van der Waals surface area contributed by atoms with Crippen molar-refractivity contribution in [3.63, 3.8) is 0 Å². The van der Waals surface area contributed by atoms with Crippen LogP contribution < -0.4 is 5.46 Å². The zero-order chi connectivity index (χ0) is 8.43. The standard InChI is InChI=1S/C7H7BCl2O/c1-8(11)6-4-5(9)2-3-7(6)10/h2-4,11H,1H3. The number of hydrogen-bond acceptors (Lipinski definition) is 1.